The molecule has 0 radical (unpaired) electrons. The highest BCUT2D eigenvalue weighted by molar-refractivity contribution is 5.79. The number of nitrogens with zero attached hydrogens (tertiary/aromatic N) is 2. The molecule has 0 saturated carbocycles. The zero-order valence-electron chi connectivity index (χ0n) is 11.1. The van der Waals surface area contributed by atoms with Gasteiger partial charge in [0.2, 0.25) is 5.91 Å². The summed E-state index contributed by atoms with van der Waals surface area (Å²) in [6.45, 7) is 7.17. The molecule has 2 aliphatic heterocycles. The number of rotatable bonds is 4. The first-order valence-electron chi connectivity index (χ1n) is 6.90. The maximum Gasteiger partial charge on any atom is 0.226 e. The Bertz CT molecular complexity index is 263. The van der Waals surface area contributed by atoms with Gasteiger partial charge in [-0.3, -0.25) is 9.69 Å². The van der Waals surface area contributed by atoms with Gasteiger partial charge in [0.05, 0.1) is 0 Å². The van der Waals surface area contributed by atoms with Crippen molar-refractivity contribution in [3.63, 3.8) is 0 Å². The van der Waals surface area contributed by atoms with E-state index in [1.54, 1.807) is 0 Å². The van der Waals surface area contributed by atoms with Crippen LogP contribution in [0.1, 0.15) is 26.2 Å². The fourth-order valence-corrected chi connectivity index (χ4v) is 3.05. The number of likely N-dealkylation sites (tertiary alicyclic amines) is 2. The van der Waals surface area contributed by atoms with Gasteiger partial charge in [-0.1, -0.05) is 6.92 Å². The second-order valence-corrected chi connectivity index (χ2v) is 5.43. The molecule has 2 atom stereocenters. The molecule has 2 aliphatic rings. The van der Waals surface area contributed by atoms with E-state index in [2.05, 4.69) is 15.1 Å². The average Bonchev–Trinajstić information content (AvgIpc) is 2.98. The fraction of sp³-hybridized carbons (Fsp3) is 0.923. The van der Waals surface area contributed by atoms with E-state index in [0.29, 0.717) is 11.9 Å². The highest BCUT2D eigenvalue weighted by Crippen LogP contribution is 2.21. The Morgan fingerprint density at radius 2 is 2.06 bits per heavy atom. The molecule has 2 fully saturated rings. The number of amides is 1. The van der Waals surface area contributed by atoms with Crippen molar-refractivity contribution < 1.29 is 4.79 Å². The van der Waals surface area contributed by atoms with Crippen molar-refractivity contribution in [3.05, 3.63) is 0 Å². The van der Waals surface area contributed by atoms with Crippen molar-refractivity contribution in [1.29, 1.82) is 0 Å². The van der Waals surface area contributed by atoms with Crippen LogP contribution in [0.4, 0.5) is 0 Å². The molecule has 17 heavy (non-hydrogen) atoms. The van der Waals surface area contributed by atoms with Gasteiger partial charge in [0.15, 0.2) is 0 Å². The third kappa shape index (κ3) is 2.99. The summed E-state index contributed by atoms with van der Waals surface area (Å²) in [5.41, 5.74) is 0. The number of carbonyl (C=O) groups is 1. The van der Waals surface area contributed by atoms with E-state index in [-0.39, 0.29) is 5.92 Å². The molecule has 0 aliphatic carbocycles. The van der Waals surface area contributed by atoms with Crippen LogP contribution in [-0.2, 0) is 4.79 Å². The maximum atomic E-state index is 12.2. The van der Waals surface area contributed by atoms with Gasteiger partial charge in [-0.25, -0.2) is 0 Å². The standard InChI is InChI=1S/C13H25N3O/c1-11(9-14-2)13(17)16-8-5-12(10-16)15-6-3-4-7-15/h11-12,14H,3-10H2,1-2H3. The SMILES string of the molecule is CNCC(C)C(=O)N1CCC(N2CCCC2)C1. The van der Waals surface area contributed by atoms with E-state index in [9.17, 15) is 4.79 Å². The quantitative estimate of drug-likeness (QED) is 0.778. The van der Waals surface area contributed by atoms with Gasteiger partial charge < -0.3 is 10.2 Å². The Labute approximate surface area is 104 Å². The van der Waals surface area contributed by atoms with Crippen LogP contribution in [0.15, 0.2) is 0 Å². The van der Waals surface area contributed by atoms with Crippen LogP contribution in [0.5, 0.6) is 0 Å². The first kappa shape index (κ1) is 12.8. The maximum absolute atomic E-state index is 12.2. The van der Waals surface area contributed by atoms with E-state index in [0.717, 1.165) is 26.1 Å². The van der Waals surface area contributed by atoms with Gasteiger partial charge in [-0.05, 0) is 39.4 Å². The van der Waals surface area contributed by atoms with Crippen LogP contribution in [0.2, 0.25) is 0 Å². The molecule has 4 heteroatoms. The predicted molar refractivity (Wildman–Crippen MR) is 68.9 cm³/mol. The number of carbonyl (C=O) groups excluding carboxylic acids is 1. The topological polar surface area (TPSA) is 35.6 Å². The largest absolute Gasteiger partial charge is 0.341 e. The second kappa shape index (κ2) is 5.83. The third-order valence-corrected chi connectivity index (χ3v) is 4.06. The molecule has 0 bridgehead atoms. The molecule has 4 nitrogen and oxygen atoms in total. The van der Waals surface area contributed by atoms with Gasteiger partial charge in [0.25, 0.3) is 0 Å². The van der Waals surface area contributed by atoms with Crippen LogP contribution in [-0.4, -0.2) is 61.5 Å². The van der Waals surface area contributed by atoms with E-state index in [1.165, 1.54) is 25.9 Å². The Kier molecular flexibility index (Phi) is 4.40. The number of nitrogens with one attached hydrogen (secondary N) is 1. The molecule has 98 valence electrons. The van der Waals surface area contributed by atoms with Crippen LogP contribution < -0.4 is 5.32 Å². The minimum atomic E-state index is 0.109. The molecule has 0 spiro atoms. The van der Waals surface area contributed by atoms with Crippen molar-refractivity contribution >= 4 is 5.91 Å². The highest BCUT2D eigenvalue weighted by Gasteiger charge is 2.32. The van der Waals surface area contributed by atoms with E-state index >= 15 is 0 Å². The zero-order chi connectivity index (χ0) is 12.3. The lowest BCUT2D eigenvalue weighted by Gasteiger charge is -2.25. The van der Waals surface area contributed by atoms with Crippen molar-refractivity contribution in [2.45, 2.75) is 32.2 Å². The Morgan fingerprint density at radius 3 is 2.71 bits per heavy atom. The monoisotopic (exact) mass is 239 g/mol. The van der Waals surface area contributed by atoms with E-state index in [4.69, 9.17) is 0 Å². The molecule has 2 rings (SSSR count). The smallest absolute Gasteiger partial charge is 0.226 e. The molecule has 2 unspecified atom stereocenters. The molecule has 2 heterocycles. The van der Waals surface area contributed by atoms with Gasteiger partial charge in [0, 0.05) is 31.6 Å². The van der Waals surface area contributed by atoms with Crippen molar-refractivity contribution in [2.24, 2.45) is 5.92 Å². The fourth-order valence-electron chi connectivity index (χ4n) is 3.05. The number of hydrogen-bond donors (Lipinski definition) is 1. The summed E-state index contributed by atoms with van der Waals surface area (Å²) < 4.78 is 0. The Balaban J connectivity index is 1.82. The number of hydrogen-bond acceptors (Lipinski definition) is 3. The van der Waals surface area contributed by atoms with Crippen LogP contribution in [0, 0.1) is 5.92 Å². The minimum Gasteiger partial charge on any atom is -0.341 e. The summed E-state index contributed by atoms with van der Waals surface area (Å²) in [4.78, 5) is 16.8. The Morgan fingerprint density at radius 1 is 1.35 bits per heavy atom. The molecule has 0 aromatic heterocycles. The van der Waals surface area contributed by atoms with Crippen molar-refractivity contribution in [2.75, 3.05) is 39.8 Å². The van der Waals surface area contributed by atoms with Gasteiger partial charge >= 0.3 is 0 Å². The van der Waals surface area contributed by atoms with Crippen LogP contribution >= 0.6 is 0 Å². The molecule has 0 aromatic rings. The first-order chi connectivity index (χ1) is 8.22. The van der Waals surface area contributed by atoms with Crippen LogP contribution in [0.3, 0.4) is 0 Å². The molecule has 0 aromatic carbocycles. The predicted octanol–water partition coefficient (Wildman–Crippen LogP) is 0.539. The lowest BCUT2D eigenvalue weighted by atomic mass is 10.1. The summed E-state index contributed by atoms with van der Waals surface area (Å²) in [5, 5.41) is 3.08. The molecule has 1 amide bonds. The first-order valence-corrected chi connectivity index (χ1v) is 6.90. The summed E-state index contributed by atoms with van der Waals surface area (Å²) in [5.74, 6) is 0.429. The second-order valence-electron chi connectivity index (χ2n) is 5.43. The highest BCUT2D eigenvalue weighted by atomic mass is 16.2. The van der Waals surface area contributed by atoms with E-state index in [1.807, 2.05) is 14.0 Å². The van der Waals surface area contributed by atoms with Gasteiger partial charge in [-0.15, -0.1) is 0 Å². The molecular formula is C13H25N3O. The van der Waals surface area contributed by atoms with E-state index < -0.39 is 0 Å². The summed E-state index contributed by atoms with van der Waals surface area (Å²) in [6, 6.07) is 0.628. The lowest BCUT2D eigenvalue weighted by Crippen LogP contribution is -2.40. The van der Waals surface area contributed by atoms with Gasteiger partial charge in [0.1, 0.15) is 0 Å². The van der Waals surface area contributed by atoms with Gasteiger partial charge in [-0.2, -0.15) is 0 Å². The molecule has 2 saturated heterocycles. The Hall–Kier alpha value is -0.610. The normalized spacial score (nSPS) is 27.6. The zero-order valence-corrected chi connectivity index (χ0v) is 11.1. The third-order valence-electron chi connectivity index (χ3n) is 4.06. The van der Waals surface area contributed by atoms with Crippen molar-refractivity contribution in [3.8, 4) is 0 Å². The minimum absolute atomic E-state index is 0.109. The van der Waals surface area contributed by atoms with Crippen LogP contribution in [0.25, 0.3) is 0 Å². The molecular weight excluding hydrogens is 214 g/mol. The lowest BCUT2D eigenvalue weighted by molar-refractivity contribution is -0.133. The summed E-state index contributed by atoms with van der Waals surface area (Å²) in [7, 11) is 1.90. The van der Waals surface area contributed by atoms with Crippen molar-refractivity contribution in [1.82, 2.24) is 15.1 Å². The summed E-state index contributed by atoms with van der Waals surface area (Å²) >= 11 is 0. The average molecular weight is 239 g/mol. The summed E-state index contributed by atoms with van der Waals surface area (Å²) in [6.07, 6.45) is 3.83. The molecule has 1 N–H and O–H groups in total.